The highest BCUT2D eigenvalue weighted by Crippen LogP contribution is 2.11. The predicted octanol–water partition coefficient (Wildman–Crippen LogP) is 2.05. The minimum Gasteiger partial charge on any atom is -0.329 e. The molecule has 0 aromatic rings. The molecule has 4 nitrogen and oxygen atoms in total. The van der Waals surface area contributed by atoms with Gasteiger partial charge in [-0.05, 0) is 46.7 Å². The Morgan fingerprint density at radius 3 is 2.74 bits per heavy atom. The van der Waals surface area contributed by atoms with Crippen LogP contribution in [0.15, 0.2) is 0 Å². The molecule has 1 rings (SSSR count). The summed E-state index contributed by atoms with van der Waals surface area (Å²) in [6.45, 7) is 9.36. The van der Waals surface area contributed by atoms with Gasteiger partial charge < -0.3 is 9.80 Å². The summed E-state index contributed by atoms with van der Waals surface area (Å²) in [6, 6.07) is 0.687. The fourth-order valence-corrected chi connectivity index (χ4v) is 2.35. The SMILES string of the molecule is CCCCC1NCN(CCCCN(C)C(C)C)C1=O. The summed E-state index contributed by atoms with van der Waals surface area (Å²) in [6.07, 6.45) is 5.55. The molecule has 1 N–H and O–H groups in total. The molecule has 1 amide bonds. The third-order valence-corrected chi connectivity index (χ3v) is 4.06. The van der Waals surface area contributed by atoms with Gasteiger partial charge in [0.1, 0.15) is 0 Å². The van der Waals surface area contributed by atoms with Gasteiger partial charge in [-0.3, -0.25) is 10.1 Å². The minimum absolute atomic E-state index is 0.0817. The first kappa shape index (κ1) is 16.4. The van der Waals surface area contributed by atoms with E-state index in [1.165, 1.54) is 0 Å². The standard InChI is InChI=1S/C15H31N3O/c1-5-6-9-14-15(19)18(12-16-14)11-8-7-10-17(4)13(2)3/h13-14,16H,5-12H2,1-4H3. The molecule has 0 aromatic carbocycles. The van der Waals surface area contributed by atoms with E-state index in [9.17, 15) is 4.79 Å². The Hall–Kier alpha value is -0.610. The van der Waals surface area contributed by atoms with Crippen LogP contribution < -0.4 is 5.32 Å². The quantitative estimate of drug-likeness (QED) is 0.651. The fraction of sp³-hybridized carbons (Fsp3) is 0.933. The van der Waals surface area contributed by atoms with E-state index in [0.717, 1.165) is 51.9 Å². The van der Waals surface area contributed by atoms with Crippen molar-refractivity contribution in [2.45, 2.75) is 65.0 Å². The average Bonchev–Trinajstić information content (AvgIpc) is 2.73. The van der Waals surface area contributed by atoms with Gasteiger partial charge in [-0.15, -0.1) is 0 Å². The molecule has 112 valence electrons. The van der Waals surface area contributed by atoms with Crippen LogP contribution in [-0.4, -0.2) is 54.6 Å². The highest BCUT2D eigenvalue weighted by molar-refractivity contribution is 5.83. The first-order valence-corrected chi connectivity index (χ1v) is 7.78. The summed E-state index contributed by atoms with van der Waals surface area (Å²) < 4.78 is 0. The Kier molecular flexibility index (Phi) is 7.39. The van der Waals surface area contributed by atoms with E-state index < -0.39 is 0 Å². The Balaban J connectivity index is 2.15. The molecule has 0 aromatic heterocycles. The van der Waals surface area contributed by atoms with Crippen molar-refractivity contribution in [3.05, 3.63) is 0 Å². The summed E-state index contributed by atoms with van der Waals surface area (Å²) in [7, 11) is 2.16. The van der Waals surface area contributed by atoms with Crippen LogP contribution in [0.4, 0.5) is 0 Å². The molecule has 1 atom stereocenters. The summed E-state index contributed by atoms with van der Waals surface area (Å²) in [5, 5.41) is 3.33. The lowest BCUT2D eigenvalue weighted by molar-refractivity contribution is -0.129. The number of carbonyl (C=O) groups is 1. The first-order valence-electron chi connectivity index (χ1n) is 7.78. The maximum atomic E-state index is 12.1. The molecule has 1 aliphatic rings. The van der Waals surface area contributed by atoms with Crippen molar-refractivity contribution in [1.29, 1.82) is 0 Å². The molecule has 4 heteroatoms. The molecule has 1 fully saturated rings. The maximum absolute atomic E-state index is 12.1. The van der Waals surface area contributed by atoms with Crippen molar-refractivity contribution in [3.63, 3.8) is 0 Å². The van der Waals surface area contributed by atoms with Crippen molar-refractivity contribution in [3.8, 4) is 0 Å². The van der Waals surface area contributed by atoms with Gasteiger partial charge in [-0.2, -0.15) is 0 Å². The molecule has 0 bridgehead atoms. The zero-order valence-electron chi connectivity index (χ0n) is 13.1. The first-order chi connectivity index (χ1) is 9.06. The molecule has 1 unspecified atom stereocenters. The van der Waals surface area contributed by atoms with Gasteiger partial charge >= 0.3 is 0 Å². The molecule has 0 radical (unpaired) electrons. The van der Waals surface area contributed by atoms with Crippen molar-refractivity contribution in [2.75, 3.05) is 26.8 Å². The molecule has 1 heterocycles. The van der Waals surface area contributed by atoms with E-state index in [-0.39, 0.29) is 6.04 Å². The smallest absolute Gasteiger partial charge is 0.240 e. The van der Waals surface area contributed by atoms with Crippen LogP contribution in [0.2, 0.25) is 0 Å². The van der Waals surface area contributed by atoms with Crippen LogP contribution in [0.5, 0.6) is 0 Å². The Morgan fingerprint density at radius 2 is 2.11 bits per heavy atom. The molecule has 0 saturated carbocycles. The summed E-state index contributed by atoms with van der Waals surface area (Å²) in [5.74, 6) is 0.311. The second kappa shape index (κ2) is 8.54. The van der Waals surface area contributed by atoms with E-state index in [1.54, 1.807) is 0 Å². The zero-order chi connectivity index (χ0) is 14.3. The lowest BCUT2D eigenvalue weighted by atomic mass is 10.1. The van der Waals surface area contributed by atoms with Crippen LogP contribution in [-0.2, 0) is 4.79 Å². The monoisotopic (exact) mass is 269 g/mol. The Labute approximate surface area is 118 Å². The fourth-order valence-electron chi connectivity index (χ4n) is 2.35. The van der Waals surface area contributed by atoms with E-state index in [0.29, 0.717) is 11.9 Å². The van der Waals surface area contributed by atoms with E-state index >= 15 is 0 Å². The minimum atomic E-state index is 0.0817. The summed E-state index contributed by atoms with van der Waals surface area (Å²) in [5.41, 5.74) is 0. The highest BCUT2D eigenvalue weighted by Gasteiger charge is 2.29. The molecule has 1 aliphatic heterocycles. The molecule has 0 spiro atoms. The number of amides is 1. The Bertz CT molecular complexity index is 268. The van der Waals surface area contributed by atoms with Gasteiger partial charge in [0.05, 0.1) is 12.7 Å². The number of hydrogen-bond acceptors (Lipinski definition) is 3. The molecular weight excluding hydrogens is 238 g/mol. The van der Waals surface area contributed by atoms with Crippen LogP contribution in [0.3, 0.4) is 0 Å². The largest absolute Gasteiger partial charge is 0.329 e. The van der Waals surface area contributed by atoms with E-state index in [4.69, 9.17) is 0 Å². The van der Waals surface area contributed by atoms with Crippen molar-refractivity contribution < 1.29 is 4.79 Å². The van der Waals surface area contributed by atoms with E-state index in [1.807, 2.05) is 4.90 Å². The molecule has 0 aliphatic carbocycles. The number of unbranched alkanes of at least 4 members (excludes halogenated alkanes) is 2. The van der Waals surface area contributed by atoms with Gasteiger partial charge in [0.25, 0.3) is 0 Å². The van der Waals surface area contributed by atoms with Gasteiger partial charge in [0.2, 0.25) is 5.91 Å². The Morgan fingerprint density at radius 1 is 1.37 bits per heavy atom. The lowest BCUT2D eigenvalue weighted by Gasteiger charge is -2.21. The van der Waals surface area contributed by atoms with E-state index in [2.05, 4.69) is 38.0 Å². The summed E-state index contributed by atoms with van der Waals surface area (Å²) >= 11 is 0. The molecular formula is C15H31N3O. The zero-order valence-corrected chi connectivity index (χ0v) is 13.1. The topological polar surface area (TPSA) is 35.6 Å². The van der Waals surface area contributed by atoms with Gasteiger partial charge in [0, 0.05) is 12.6 Å². The second-order valence-electron chi connectivity index (χ2n) is 5.94. The lowest BCUT2D eigenvalue weighted by Crippen LogP contribution is -2.32. The third-order valence-electron chi connectivity index (χ3n) is 4.06. The number of nitrogens with one attached hydrogen (secondary N) is 1. The van der Waals surface area contributed by atoms with Crippen LogP contribution in [0, 0.1) is 0 Å². The average molecular weight is 269 g/mol. The second-order valence-corrected chi connectivity index (χ2v) is 5.94. The van der Waals surface area contributed by atoms with Crippen LogP contribution in [0.25, 0.3) is 0 Å². The number of nitrogens with zero attached hydrogens (tertiary/aromatic N) is 2. The normalized spacial score (nSPS) is 20.0. The number of rotatable bonds is 9. The predicted molar refractivity (Wildman–Crippen MR) is 80.0 cm³/mol. The van der Waals surface area contributed by atoms with Gasteiger partial charge in [0.15, 0.2) is 0 Å². The third kappa shape index (κ3) is 5.49. The van der Waals surface area contributed by atoms with Crippen LogP contribution in [0.1, 0.15) is 52.9 Å². The van der Waals surface area contributed by atoms with Gasteiger partial charge in [-0.1, -0.05) is 19.8 Å². The summed E-state index contributed by atoms with van der Waals surface area (Å²) in [4.78, 5) is 16.4. The maximum Gasteiger partial charge on any atom is 0.240 e. The number of hydrogen-bond donors (Lipinski definition) is 1. The van der Waals surface area contributed by atoms with Crippen molar-refractivity contribution >= 4 is 5.91 Å². The van der Waals surface area contributed by atoms with Crippen LogP contribution >= 0.6 is 0 Å². The molecule has 19 heavy (non-hydrogen) atoms. The van der Waals surface area contributed by atoms with Crippen molar-refractivity contribution in [1.82, 2.24) is 15.1 Å². The highest BCUT2D eigenvalue weighted by atomic mass is 16.2. The van der Waals surface area contributed by atoms with Gasteiger partial charge in [-0.25, -0.2) is 0 Å². The molecule has 1 saturated heterocycles. The van der Waals surface area contributed by atoms with Crippen molar-refractivity contribution in [2.24, 2.45) is 0 Å². The number of carbonyl (C=O) groups excluding carboxylic acids is 1.